The number of likely N-dealkylation sites (N-methyl/N-ethyl adjacent to an activating group) is 1. The molecule has 2 aromatic rings. The molecule has 0 aliphatic rings. The molecule has 9 heteroatoms. The lowest BCUT2D eigenvalue weighted by atomic mass is 10.3. The summed E-state index contributed by atoms with van der Waals surface area (Å²) in [5, 5.41) is 0.409. The molecule has 26 heavy (non-hydrogen) atoms. The van der Waals surface area contributed by atoms with Gasteiger partial charge in [0, 0.05) is 12.1 Å². The van der Waals surface area contributed by atoms with Gasteiger partial charge in [0.1, 0.15) is 31.3 Å². The van der Waals surface area contributed by atoms with E-state index in [1.54, 1.807) is 0 Å². The summed E-state index contributed by atoms with van der Waals surface area (Å²) in [5.74, 6) is -0.661. The summed E-state index contributed by atoms with van der Waals surface area (Å²) in [7, 11) is -2.54. The maximum Gasteiger partial charge on any atom is 0.321 e. The third-order valence-corrected chi connectivity index (χ3v) is 5.37. The van der Waals surface area contributed by atoms with E-state index in [4.69, 9.17) is 21.1 Å². The predicted molar refractivity (Wildman–Crippen MR) is 94.1 cm³/mol. The highest BCUT2D eigenvalue weighted by Gasteiger charge is 2.23. The summed E-state index contributed by atoms with van der Waals surface area (Å²) in [5.41, 5.74) is 0. The molecule has 0 aromatic heterocycles. The normalized spacial score (nSPS) is 11.4. The van der Waals surface area contributed by atoms with E-state index in [2.05, 4.69) is 0 Å². The fraction of sp³-hybridized carbons (Fsp3) is 0.235. The third-order valence-electron chi connectivity index (χ3n) is 3.30. The SMILES string of the molecule is CN(CC(=O)OCCOc1ccc(F)cc1)S(=O)(=O)c1ccc(Cl)cc1. The van der Waals surface area contributed by atoms with Gasteiger partial charge in [-0.1, -0.05) is 11.6 Å². The number of carbonyl (C=O) groups is 1. The number of benzene rings is 2. The van der Waals surface area contributed by atoms with Gasteiger partial charge in [-0.05, 0) is 48.5 Å². The molecule has 6 nitrogen and oxygen atoms in total. The van der Waals surface area contributed by atoms with Crippen molar-refractivity contribution in [3.05, 3.63) is 59.4 Å². The number of halogens is 2. The van der Waals surface area contributed by atoms with Crippen molar-refractivity contribution >= 4 is 27.6 Å². The first-order chi connectivity index (χ1) is 12.3. The predicted octanol–water partition coefficient (Wildman–Crippen LogP) is 2.72. The van der Waals surface area contributed by atoms with Crippen molar-refractivity contribution in [2.45, 2.75) is 4.90 Å². The number of ether oxygens (including phenoxy) is 2. The lowest BCUT2D eigenvalue weighted by Crippen LogP contribution is -2.33. The zero-order chi connectivity index (χ0) is 19.2. The van der Waals surface area contributed by atoms with Crippen LogP contribution in [-0.2, 0) is 19.6 Å². The van der Waals surface area contributed by atoms with Gasteiger partial charge in [-0.2, -0.15) is 4.31 Å². The first-order valence-electron chi connectivity index (χ1n) is 7.55. The van der Waals surface area contributed by atoms with Gasteiger partial charge in [0.15, 0.2) is 0 Å². The summed E-state index contributed by atoms with van der Waals surface area (Å²) >= 11 is 5.74. The van der Waals surface area contributed by atoms with E-state index in [1.807, 2.05) is 0 Å². The Labute approximate surface area is 156 Å². The first kappa shape index (κ1) is 20.2. The molecule has 0 saturated heterocycles. The van der Waals surface area contributed by atoms with E-state index < -0.39 is 22.5 Å². The van der Waals surface area contributed by atoms with Gasteiger partial charge in [0.05, 0.1) is 4.90 Å². The van der Waals surface area contributed by atoms with Gasteiger partial charge in [-0.15, -0.1) is 0 Å². The van der Waals surface area contributed by atoms with Crippen LogP contribution in [0.2, 0.25) is 5.02 Å². The van der Waals surface area contributed by atoms with Crippen LogP contribution in [0, 0.1) is 5.82 Å². The highest BCUT2D eigenvalue weighted by atomic mass is 35.5. The standard InChI is InChI=1S/C17H17ClFNO5S/c1-20(26(22,23)16-8-2-13(18)3-9-16)12-17(21)25-11-10-24-15-6-4-14(19)5-7-15/h2-9H,10-12H2,1H3. The van der Waals surface area contributed by atoms with Crippen LogP contribution in [0.3, 0.4) is 0 Å². The Morgan fingerprint density at radius 2 is 1.69 bits per heavy atom. The molecule has 0 bridgehead atoms. The summed E-state index contributed by atoms with van der Waals surface area (Å²) < 4.78 is 48.5. The fourth-order valence-electron chi connectivity index (χ4n) is 1.94. The van der Waals surface area contributed by atoms with Crippen molar-refractivity contribution in [2.75, 3.05) is 26.8 Å². The maximum absolute atomic E-state index is 12.8. The second kappa shape index (κ2) is 8.98. The lowest BCUT2D eigenvalue weighted by molar-refractivity contribution is -0.144. The van der Waals surface area contributed by atoms with Crippen molar-refractivity contribution in [3.63, 3.8) is 0 Å². The van der Waals surface area contributed by atoms with Crippen LogP contribution in [0.15, 0.2) is 53.4 Å². The Kier molecular flexibility index (Phi) is 6.96. The number of sulfonamides is 1. The molecule has 2 aromatic carbocycles. The van der Waals surface area contributed by atoms with E-state index in [-0.39, 0.29) is 23.9 Å². The molecule has 140 valence electrons. The largest absolute Gasteiger partial charge is 0.490 e. The molecule has 0 amide bonds. The van der Waals surface area contributed by atoms with Crippen molar-refractivity contribution in [3.8, 4) is 5.75 Å². The first-order valence-corrected chi connectivity index (χ1v) is 9.37. The van der Waals surface area contributed by atoms with Gasteiger partial charge in [-0.25, -0.2) is 12.8 Å². The smallest absolute Gasteiger partial charge is 0.321 e. The second-order valence-corrected chi connectivity index (χ2v) is 7.72. The summed E-state index contributed by atoms with van der Waals surface area (Å²) in [6.45, 7) is -0.447. The number of carbonyl (C=O) groups excluding carboxylic acids is 1. The van der Waals surface area contributed by atoms with Gasteiger partial charge in [0.2, 0.25) is 10.0 Å². The minimum Gasteiger partial charge on any atom is -0.490 e. The van der Waals surface area contributed by atoms with E-state index >= 15 is 0 Å². The lowest BCUT2D eigenvalue weighted by Gasteiger charge is -2.16. The molecule has 0 spiro atoms. The third kappa shape index (κ3) is 5.69. The maximum atomic E-state index is 12.8. The number of esters is 1. The molecule has 0 radical (unpaired) electrons. The van der Waals surface area contributed by atoms with Crippen LogP contribution in [-0.4, -0.2) is 45.5 Å². The Morgan fingerprint density at radius 1 is 1.08 bits per heavy atom. The van der Waals surface area contributed by atoms with Crippen LogP contribution in [0.25, 0.3) is 0 Å². The van der Waals surface area contributed by atoms with Crippen LogP contribution < -0.4 is 4.74 Å². The Morgan fingerprint density at radius 3 is 2.31 bits per heavy atom. The van der Waals surface area contributed by atoms with Crippen LogP contribution in [0.4, 0.5) is 4.39 Å². The van der Waals surface area contributed by atoms with E-state index in [1.165, 1.54) is 55.6 Å². The van der Waals surface area contributed by atoms with Crippen molar-refractivity contribution in [1.29, 1.82) is 0 Å². The van der Waals surface area contributed by atoms with Crippen LogP contribution in [0.1, 0.15) is 0 Å². The van der Waals surface area contributed by atoms with Crippen LogP contribution in [0.5, 0.6) is 5.75 Å². The van der Waals surface area contributed by atoms with Crippen molar-refractivity contribution in [1.82, 2.24) is 4.31 Å². The second-order valence-electron chi connectivity index (χ2n) is 5.24. The monoisotopic (exact) mass is 401 g/mol. The number of rotatable bonds is 8. The fourth-order valence-corrected chi connectivity index (χ4v) is 3.19. The molecule has 2 rings (SSSR count). The summed E-state index contributed by atoms with van der Waals surface area (Å²) in [6, 6.07) is 11.0. The minimum absolute atomic E-state index is 0.0249. The average Bonchev–Trinajstić information content (AvgIpc) is 2.60. The van der Waals surface area contributed by atoms with Crippen LogP contribution >= 0.6 is 11.6 Å². The van der Waals surface area contributed by atoms with Crippen molar-refractivity contribution < 1.29 is 27.1 Å². The van der Waals surface area contributed by atoms with E-state index in [0.717, 1.165) is 4.31 Å². The van der Waals surface area contributed by atoms with Gasteiger partial charge in [0.25, 0.3) is 0 Å². The Bertz CT molecular complexity index is 840. The number of hydrogen-bond acceptors (Lipinski definition) is 5. The number of nitrogens with zero attached hydrogens (tertiary/aromatic N) is 1. The molecular weight excluding hydrogens is 385 g/mol. The van der Waals surface area contributed by atoms with Gasteiger partial charge in [-0.3, -0.25) is 4.79 Å². The molecular formula is C17H17ClFNO5S. The molecule has 0 fully saturated rings. The molecule has 0 N–H and O–H groups in total. The summed E-state index contributed by atoms with van der Waals surface area (Å²) in [4.78, 5) is 11.8. The quantitative estimate of drug-likeness (QED) is 0.502. The molecule has 0 unspecified atom stereocenters. The zero-order valence-electron chi connectivity index (χ0n) is 13.9. The highest BCUT2D eigenvalue weighted by molar-refractivity contribution is 7.89. The molecule has 0 saturated carbocycles. The van der Waals surface area contributed by atoms with E-state index in [9.17, 15) is 17.6 Å². The number of hydrogen-bond donors (Lipinski definition) is 0. The Hall–Kier alpha value is -2.16. The topological polar surface area (TPSA) is 72.9 Å². The molecule has 0 atom stereocenters. The average molecular weight is 402 g/mol. The Balaban J connectivity index is 1.79. The molecule has 0 aliphatic heterocycles. The van der Waals surface area contributed by atoms with Crippen molar-refractivity contribution in [2.24, 2.45) is 0 Å². The van der Waals surface area contributed by atoms with Gasteiger partial charge < -0.3 is 9.47 Å². The highest BCUT2D eigenvalue weighted by Crippen LogP contribution is 2.17. The minimum atomic E-state index is -3.82. The molecule has 0 aliphatic carbocycles. The van der Waals surface area contributed by atoms with Gasteiger partial charge >= 0.3 is 5.97 Å². The zero-order valence-corrected chi connectivity index (χ0v) is 15.5. The van der Waals surface area contributed by atoms with E-state index in [0.29, 0.717) is 10.8 Å². The molecule has 0 heterocycles. The summed E-state index contributed by atoms with van der Waals surface area (Å²) in [6.07, 6.45) is 0.